The molecule has 2 heterocycles. The van der Waals surface area contributed by atoms with Gasteiger partial charge in [0.05, 0.1) is 5.69 Å². The number of hydrogen-bond donors (Lipinski definition) is 1. The second-order valence-corrected chi connectivity index (χ2v) is 7.01. The molecular weight excluding hydrogens is 352 g/mol. The topological polar surface area (TPSA) is 68.1 Å². The monoisotopic (exact) mass is 378 g/mol. The lowest BCUT2D eigenvalue weighted by atomic mass is 10.2. The van der Waals surface area contributed by atoms with Gasteiger partial charge in [-0.05, 0) is 66.2 Å². The van der Waals surface area contributed by atoms with Crippen LogP contribution in [0.5, 0.6) is 11.8 Å². The SMILES string of the molecule is CCN1CCC[C@@H]1CNCc1ccc(Oc2nnnn2-c2ccccc2)cc1. The standard InChI is InChI=1S/C21H26N6O/c1-2-26-14-6-9-19(26)16-22-15-17-10-12-20(13-11-17)28-21-23-24-25-27(21)18-7-4-3-5-8-18/h3-5,7-8,10-13,19,22H,2,6,9,14-16H2,1H3/t19-/m1/s1. The molecule has 0 unspecified atom stereocenters. The van der Waals surface area contributed by atoms with Gasteiger partial charge >= 0.3 is 6.01 Å². The Morgan fingerprint density at radius 2 is 1.93 bits per heavy atom. The Bertz CT molecular complexity index is 864. The molecule has 28 heavy (non-hydrogen) atoms. The van der Waals surface area contributed by atoms with Crippen molar-refractivity contribution in [3.8, 4) is 17.4 Å². The van der Waals surface area contributed by atoms with Crippen molar-refractivity contribution in [1.29, 1.82) is 0 Å². The van der Waals surface area contributed by atoms with Gasteiger partial charge < -0.3 is 10.1 Å². The maximum Gasteiger partial charge on any atom is 0.345 e. The Labute approximate surface area is 165 Å². The van der Waals surface area contributed by atoms with Crippen molar-refractivity contribution in [3.05, 3.63) is 60.2 Å². The lowest BCUT2D eigenvalue weighted by Gasteiger charge is -2.23. The first-order valence-corrected chi connectivity index (χ1v) is 9.89. The number of para-hydroxylation sites is 1. The molecule has 3 aromatic rings. The fraction of sp³-hybridized carbons (Fsp3) is 0.381. The van der Waals surface area contributed by atoms with Gasteiger partial charge in [-0.2, -0.15) is 4.68 Å². The average Bonchev–Trinajstić information content (AvgIpc) is 3.39. The first-order valence-electron chi connectivity index (χ1n) is 9.89. The van der Waals surface area contributed by atoms with Crippen LogP contribution in [0, 0.1) is 0 Å². The van der Waals surface area contributed by atoms with E-state index in [2.05, 4.69) is 44.8 Å². The number of benzene rings is 2. The van der Waals surface area contributed by atoms with Gasteiger partial charge in [0.25, 0.3) is 0 Å². The Kier molecular flexibility index (Phi) is 5.94. The van der Waals surface area contributed by atoms with E-state index in [4.69, 9.17) is 4.74 Å². The highest BCUT2D eigenvalue weighted by Crippen LogP contribution is 2.21. The molecule has 0 spiro atoms. The molecule has 1 saturated heterocycles. The smallest absolute Gasteiger partial charge is 0.345 e. The van der Waals surface area contributed by atoms with Crippen molar-refractivity contribution in [2.24, 2.45) is 0 Å². The minimum atomic E-state index is 0.345. The third-order valence-corrected chi connectivity index (χ3v) is 5.19. The zero-order chi connectivity index (χ0) is 19.2. The molecule has 4 rings (SSSR count). The van der Waals surface area contributed by atoms with Crippen LogP contribution < -0.4 is 10.1 Å². The number of ether oxygens (including phenoxy) is 1. The zero-order valence-corrected chi connectivity index (χ0v) is 16.2. The van der Waals surface area contributed by atoms with E-state index < -0.39 is 0 Å². The summed E-state index contributed by atoms with van der Waals surface area (Å²) < 4.78 is 7.45. The molecule has 146 valence electrons. The second-order valence-electron chi connectivity index (χ2n) is 7.01. The van der Waals surface area contributed by atoms with Crippen molar-refractivity contribution in [2.45, 2.75) is 32.4 Å². The van der Waals surface area contributed by atoms with Gasteiger partial charge in [0.15, 0.2) is 0 Å². The summed E-state index contributed by atoms with van der Waals surface area (Å²) in [5.74, 6) is 0.712. The van der Waals surface area contributed by atoms with Crippen molar-refractivity contribution in [3.63, 3.8) is 0 Å². The summed E-state index contributed by atoms with van der Waals surface area (Å²) in [5, 5.41) is 15.3. The molecule has 1 aliphatic rings. The quantitative estimate of drug-likeness (QED) is 0.650. The fourth-order valence-electron chi connectivity index (χ4n) is 3.68. The molecule has 0 aliphatic carbocycles. The van der Waals surface area contributed by atoms with E-state index >= 15 is 0 Å². The Hall–Kier alpha value is -2.77. The van der Waals surface area contributed by atoms with E-state index in [0.717, 1.165) is 25.3 Å². The van der Waals surface area contributed by atoms with E-state index in [1.807, 2.05) is 42.5 Å². The van der Waals surface area contributed by atoms with Crippen LogP contribution >= 0.6 is 0 Å². The van der Waals surface area contributed by atoms with E-state index in [1.165, 1.54) is 24.9 Å². The second kappa shape index (κ2) is 8.95. The van der Waals surface area contributed by atoms with E-state index in [9.17, 15) is 0 Å². The summed E-state index contributed by atoms with van der Waals surface area (Å²) in [4.78, 5) is 2.56. The number of rotatable bonds is 8. The molecule has 2 aromatic carbocycles. The molecule has 1 fully saturated rings. The summed E-state index contributed by atoms with van der Waals surface area (Å²) in [7, 11) is 0. The average molecular weight is 378 g/mol. The number of aromatic nitrogens is 4. The molecular formula is C21H26N6O. The van der Waals surface area contributed by atoms with Crippen molar-refractivity contribution in [2.75, 3.05) is 19.6 Å². The fourth-order valence-corrected chi connectivity index (χ4v) is 3.68. The van der Waals surface area contributed by atoms with Crippen LogP contribution in [0.1, 0.15) is 25.3 Å². The number of nitrogens with one attached hydrogen (secondary N) is 1. The van der Waals surface area contributed by atoms with Gasteiger partial charge in [-0.1, -0.05) is 42.4 Å². The normalized spacial score (nSPS) is 17.1. The predicted molar refractivity (Wildman–Crippen MR) is 108 cm³/mol. The Balaban J connectivity index is 1.32. The maximum atomic E-state index is 5.87. The van der Waals surface area contributed by atoms with Crippen molar-refractivity contribution >= 4 is 0 Å². The van der Waals surface area contributed by atoms with E-state index in [1.54, 1.807) is 4.68 Å². The van der Waals surface area contributed by atoms with Crippen molar-refractivity contribution < 1.29 is 4.74 Å². The number of tetrazole rings is 1. The highest BCUT2D eigenvalue weighted by Gasteiger charge is 2.22. The predicted octanol–water partition coefficient (Wildman–Crippen LogP) is 3.03. The molecule has 0 radical (unpaired) electrons. The van der Waals surface area contributed by atoms with Crippen LogP contribution in [0.25, 0.3) is 5.69 Å². The van der Waals surface area contributed by atoms with Gasteiger partial charge in [0, 0.05) is 19.1 Å². The summed E-state index contributed by atoms with van der Waals surface area (Å²) in [6.45, 7) is 6.51. The van der Waals surface area contributed by atoms with Crippen molar-refractivity contribution in [1.82, 2.24) is 30.4 Å². The first-order chi connectivity index (χ1) is 13.8. The van der Waals surface area contributed by atoms with Gasteiger partial charge in [-0.15, -0.1) is 0 Å². The third-order valence-electron chi connectivity index (χ3n) is 5.19. The van der Waals surface area contributed by atoms with Crippen LogP contribution in [0.3, 0.4) is 0 Å². The Morgan fingerprint density at radius 3 is 2.71 bits per heavy atom. The van der Waals surface area contributed by atoms with Gasteiger partial charge in [0.1, 0.15) is 5.75 Å². The summed E-state index contributed by atoms with van der Waals surface area (Å²) in [6.07, 6.45) is 2.61. The molecule has 0 saturated carbocycles. The molecule has 0 amide bonds. The highest BCUT2D eigenvalue weighted by atomic mass is 16.5. The van der Waals surface area contributed by atoms with Crippen LogP contribution in [0.2, 0.25) is 0 Å². The van der Waals surface area contributed by atoms with Gasteiger partial charge in [-0.3, -0.25) is 4.90 Å². The number of likely N-dealkylation sites (tertiary alicyclic amines) is 1. The summed E-state index contributed by atoms with van der Waals surface area (Å²) >= 11 is 0. The minimum absolute atomic E-state index is 0.345. The van der Waals surface area contributed by atoms with Crippen LogP contribution in [-0.2, 0) is 6.54 Å². The molecule has 0 bridgehead atoms. The summed E-state index contributed by atoms with van der Waals surface area (Å²) in [6, 6.07) is 18.8. The molecule has 7 nitrogen and oxygen atoms in total. The molecule has 1 aromatic heterocycles. The largest absolute Gasteiger partial charge is 0.423 e. The zero-order valence-electron chi connectivity index (χ0n) is 16.2. The van der Waals surface area contributed by atoms with Crippen LogP contribution in [-0.4, -0.2) is 50.8 Å². The minimum Gasteiger partial charge on any atom is -0.423 e. The highest BCUT2D eigenvalue weighted by molar-refractivity contribution is 5.34. The van der Waals surface area contributed by atoms with Gasteiger partial charge in [0.2, 0.25) is 0 Å². The number of nitrogens with zero attached hydrogens (tertiary/aromatic N) is 5. The molecule has 1 atom stereocenters. The molecule has 1 N–H and O–H groups in total. The van der Waals surface area contributed by atoms with Gasteiger partial charge in [-0.25, -0.2) is 0 Å². The number of likely N-dealkylation sites (N-methyl/N-ethyl adjacent to an activating group) is 1. The lowest BCUT2D eigenvalue weighted by molar-refractivity contribution is 0.260. The first kappa shape index (κ1) is 18.6. The third kappa shape index (κ3) is 4.37. The van der Waals surface area contributed by atoms with Crippen LogP contribution in [0.15, 0.2) is 54.6 Å². The van der Waals surface area contributed by atoms with E-state index in [0.29, 0.717) is 17.8 Å². The van der Waals surface area contributed by atoms with Crippen LogP contribution in [0.4, 0.5) is 0 Å². The van der Waals surface area contributed by atoms with E-state index in [-0.39, 0.29) is 0 Å². The molecule has 1 aliphatic heterocycles. The molecule has 7 heteroatoms. The summed E-state index contributed by atoms with van der Waals surface area (Å²) in [5.41, 5.74) is 2.09. The lowest BCUT2D eigenvalue weighted by Crippen LogP contribution is -2.37. The Morgan fingerprint density at radius 1 is 1.11 bits per heavy atom. The number of hydrogen-bond acceptors (Lipinski definition) is 6. The maximum absolute atomic E-state index is 5.87.